The predicted molar refractivity (Wildman–Crippen MR) is 103 cm³/mol. The summed E-state index contributed by atoms with van der Waals surface area (Å²) in [4.78, 5) is 2.15. The molecule has 0 aromatic rings. The van der Waals surface area contributed by atoms with Crippen LogP contribution in [0.1, 0.15) is 60.8 Å². The fourth-order valence-electron chi connectivity index (χ4n) is 2.52. The Hall–Kier alpha value is -1.70. The molecule has 23 heavy (non-hydrogen) atoms. The molecule has 0 aromatic heterocycles. The molecule has 0 aliphatic carbocycles. The van der Waals surface area contributed by atoms with Crippen molar-refractivity contribution < 1.29 is 4.74 Å². The average molecular weight is 318 g/mol. The Balaban J connectivity index is 0.00000232. The number of hydrogen-bond donors (Lipinski definition) is 0. The molecule has 0 saturated heterocycles. The molecule has 2 heteroatoms. The first kappa shape index (κ1) is 21.3. The fraction of sp³-hybridized carbons (Fsp3) is 0.524. The monoisotopic (exact) mass is 317 g/mol. The van der Waals surface area contributed by atoms with E-state index in [-0.39, 0.29) is 6.10 Å². The van der Waals surface area contributed by atoms with Crippen molar-refractivity contribution in [2.24, 2.45) is 0 Å². The maximum atomic E-state index is 6.28. The molecule has 0 bridgehead atoms. The number of ether oxygens (including phenoxy) is 1. The van der Waals surface area contributed by atoms with E-state index in [4.69, 9.17) is 4.74 Å². The third kappa shape index (κ3) is 5.78. The van der Waals surface area contributed by atoms with E-state index in [0.29, 0.717) is 0 Å². The molecule has 1 heterocycles. The first-order valence-electron chi connectivity index (χ1n) is 8.81. The van der Waals surface area contributed by atoms with Gasteiger partial charge in [-0.3, -0.25) is 0 Å². The van der Waals surface area contributed by atoms with Crippen LogP contribution in [0.3, 0.4) is 0 Å². The number of hydrogen-bond acceptors (Lipinski definition) is 2. The Morgan fingerprint density at radius 3 is 2.30 bits per heavy atom. The number of rotatable bonds is 7. The minimum absolute atomic E-state index is 0.0544. The van der Waals surface area contributed by atoms with Crippen LogP contribution in [0.4, 0.5) is 0 Å². The van der Waals surface area contributed by atoms with E-state index < -0.39 is 0 Å². The molecule has 0 amide bonds. The van der Waals surface area contributed by atoms with Gasteiger partial charge in [0.25, 0.3) is 0 Å². The second-order valence-electron chi connectivity index (χ2n) is 5.47. The average Bonchev–Trinajstić information content (AvgIpc) is 2.56. The van der Waals surface area contributed by atoms with Gasteiger partial charge >= 0.3 is 0 Å². The quantitative estimate of drug-likeness (QED) is 0.507. The van der Waals surface area contributed by atoms with E-state index in [9.17, 15) is 0 Å². The van der Waals surface area contributed by atoms with Gasteiger partial charge in [-0.2, -0.15) is 0 Å². The SMILES string of the molecule is C=C/C(CC)=C1/C(O[C@H](CC)C(=C)C)=CC(CC)=CN1C.CC. The molecule has 0 radical (unpaired) electrons. The lowest BCUT2D eigenvalue weighted by molar-refractivity contribution is 0.139. The predicted octanol–water partition coefficient (Wildman–Crippen LogP) is 6.36. The van der Waals surface area contributed by atoms with Gasteiger partial charge in [-0.15, -0.1) is 0 Å². The van der Waals surface area contributed by atoms with Crippen LogP contribution in [0, 0.1) is 0 Å². The van der Waals surface area contributed by atoms with E-state index >= 15 is 0 Å². The smallest absolute Gasteiger partial charge is 0.144 e. The van der Waals surface area contributed by atoms with Crippen molar-refractivity contribution in [3.63, 3.8) is 0 Å². The lowest BCUT2D eigenvalue weighted by Gasteiger charge is -2.31. The third-order valence-electron chi connectivity index (χ3n) is 3.79. The van der Waals surface area contributed by atoms with Gasteiger partial charge in [0.15, 0.2) is 0 Å². The number of likely N-dealkylation sites (N-methyl/N-ethyl adjacent to an activating group) is 1. The van der Waals surface area contributed by atoms with Gasteiger partial charge in [0.1, 0.15) is 11.9 Å². The van der Waals surface area contributed by atoms with Gasteiger partial charge in [-0.05, 0) is 49.0 Å². The standard InChI is InChI=1S/C19H29NO.C2H6/c1-8-15-12-18(21-17(11-4)14(5)6)19(20(7)13-15)16(9-2)10-3;1-2/h9,12-13,17H,2,5,8,10-11H2,1,3-4,6-7H3;1-2H3/b19-16+;/t17-;/m1./s1. The van der Waals surface area contributed by atoms with Crippen LogP contribution in [0.2, 0.25) is 0 Å². The Kier molecular flexibility index (Phi) is 10.1. The molecule has 2 nitrogen and oxygen atoms in total. The van der Waals surface area contributed by atoms with Crippen LogP contribution < -0.4 is 0 Å². The molecule has 1 atom stereocenters. The maximum absolute atomic E-state index is 6.28. The summed E-state index contributed by atoms with van der Waals surface area (Å²) in [7, 11) is 2.07. The van der Waals surface area contributed by atoms with Crippen molar-refractivity contribution in [2.75, 3.05) is 7.05 Å². The molecule has 0 saturated carbocycles. The van der Waals surface area contributed by atoms with Crippen LogP contribution in [0.15, 0.2) is 59.7 Å². The molecule has 1 rings (SSSR count). The van der Waals surface area contributed by atoms with Crippen molar-refractivity contribution in [2.45, 2.75) is 66.9 Å². The van der Waals surface area contributed by atoms with Gasteiger partial charge < -0.3 is 9.64 Å². The molecule has 0 aromatic carbocycles. The Labute approximate surface area is 143 Å². The summed E-state index contributed by atoms with van der Waals surface area (Å²) in [6.45, 7) is 20.4. The summed E-state index contributed by atoms with van der Waals surface area (Å²) in [5.41, 5.74) is 4.65. The van der Waals surface area contributed by atoms with Crippen LogP contribution >= 0.6 is 0 Å². The Morgan fingerprint density at radius 2 is 1.91 bits per heavy atom. The summed E-state index contributed by atoms with van der Waals surface area (Å²) >= 11 is 0. The highest BCUT2D eigenvalue weighted by Crippen LogP contribution is 2.31. The zero-order chi connectivity index (χ0) is 18.0. The van der Waals surface area contributed by atoms with Gasteiger partial charge in [0, 0.05) is 13.2 Å². The topological polar surface area (TPSA) is 12.5 Å². The molecular formula is C21H35NO. The molecule has 0 N–H and O–H groups in total. The minimum atomic E-state index is 0.0544. The van der Waals surface area contributed by atoms with Crippen molar-refractivity contribution >= 4 is 0 Å². The van der Waals surface area contributed by atoms with Crippen LogP contribution in [0.25, 0.3) is 0 Å². The summed E-state index contributed by atoms with van der Waals surface area (Å²) in [5.74, 6) is 0.934. The number of allylic oxidation sites excluding steroid dienone is 4. The van der Waals surface area contributed by atoms with Gasteiger partial charge in [0.2, 0.25) is 0 Å². The van der Waals surface area contributed by atoms with Crippen molar-refractivity contribution in [3.8, 4) is 0 Å². The normalized spacial score (nSPS) is 17.3. The number of nitrogens with zero attached hydrogens (tertiary/aromatic N) is 1. The van der Waals surface area contributed by atoms with E-state index in [1.54, 1.807) is 0 Å². The molecule has 0 spiro atoms. The van der Waals surface area contributed by atoms with E-state index in [1.807, 2.05) is 26.8 Å². The highest BCUT2D eigenvalue weighted by Gasteiger charge is 2.22. The molecule has 1 aliphatic rings. The highest BCUT2D eigenvalue weighted by atomic mass is 16.5. The van der Waals surface area contributed by atoms with Gasteiger partial charge in [-0.25, -0.2) is 0 Å². The summed E-state index contributed by atoms with van der Waals surface area (Å²) in [5, 5.41) is 0. The molecule has 1 aliphatic heterocycles. The fourth-order valence-corrected chi connectivity index (χ4v) is 2.52. The second kappa shape index (κ2) is 10.9. The van der Waals surface area contributed by atoms with Crippen LogP contribution in [-0.4, -0.2) is 18.1 Å². The molecule has 0 fully saturated rings. The largest absolute Gasteiger partial charge is 0.484 e. The third-order valence-corrected chi connectivity index (χ3v) is 3.79. The van der Waals surface area contributed by atoms with Gasteiger partial charge in [0.05, 0.1) is 5.70 Å². The van der Waals surface area contributed by atoms with Gasteiger partial charge in [-0.1, -0.05) is 53.9 Å². The lowest BCUT2D eigenvalue weighted by atomic mass is 10.0. The molecule has 130 valence electrons. The van der Waals surface area contributed by atoms with E-state index in [2.05, 4.69) is 58.2 Å². The van der Waals surface area contributed by atoms with Crippen LogP contribution in [-0.2, 0) is 4.74 Å². The first-order chi connectivity index (χ1) is 11.0. The Bertz CT molecular complexity index is 494. The first-order valence-corrected chi connectivity index (χ1v) is 8.81. The van der Waals surface area contributed by atoms with E-state index in [1.165, 1.54) is 11.1 Å². The minimum Gasteiger partial charge on any atom is -0.484 e. The lowest BCUT2D eigenvalue weighted by Crippen LogP contribution is -2.23. The summed E-state index contributed by atoms with van der Waals surface area (Å²) in [6.07, 6.45) is 9.15. The van der Waals surface area contributed by atoms with Crippen molar-refractivity contribution in [1.82, 2.24) is 4.90 Å². The zero-order valence-electron chi connectivity index (χ0n) is 16.2. The second-order valence-corrected chi connectivity index (χ2v) is 5.47. The summed E-state index contributed by atoms with van der Waals surface area (Å²) < 4.78 is 6.28. The van der Waals surface area contributed by atoms with Crippen LogP contribution in [0.5, 0.6) is 0 Å². The zero-order valence-corrected chi connectivity index (χ0v) is 16.2. The Morgan fingerprint density at radius 1 is 1.30 bits per heavy atom. The molecule has 0 unspecified atom stereocenters. The van der Waals surface area contributed by atoms with E-state index in [0.717, 1.165) is 36.3 Å². The molecular weight excluding hydrogens is 282 g/mol. The highest BCUT2D eigenvalue weighted by molar-refractivity contribution is 5.44. The summed E-state index contributed by atoms with van der Waals surface area (Å²) in [6, 6.07) is 0. The van der Waals surface area contributed by atoms with Crippen molar-refractivity contribution in [3.05, 3.63) is 59.7 Å². The maximum Gasteiger partial charge on any atom is 0.144 e. The van der Waals surface area contributed by atoms with Crippen molar-refractivity contribution in [1.29, 1.82) is 0 Å².